The van der Waals surface area contributed by atoms with E-state index in [1.807, 2.05) is 10.9 Å². The summed E-state index contributed by atoms with van der Waals surface area (Å²) < 4.78 is 2.91. The predicted octanol–water partition coefficient (Wildman–Crippen LogP) is 2.67. The Labute approximate surface area is 156 Å². The van der Waals surface area contributed by atoms with Gasteiger partial charge in [-0.05, 0) is 47.7 Å². The van der Waals surface area contributed by atoms with Gasteiger partial charge in [-0.2, -0.15) is 5.10 Å². The van der Waals surface area contributed by atoms with Gasteiger partial charge in [0.15, 0.2) is 0 Å². The van der Waals surface area contributed by atoms with Crippen LogP contribution in [0.2, 0.25) is 0 Å². The molecular weight excluding hydrogens is 384 g/mol. The average molecular weight is 409 g/mol. The van der Waals surface area contributed by atoms with Gasteiger partial charge in [0.2, 0.25) is 11.8 Å². The number of piperidine rings is 1. The summed E-state index contributed by atoms with van der Waals surface area (Å²) in [7, 11) is 0. The van der Waals surface area contributed by atoms with E-state index in [0.29, 0.717) is 13.1 Å². The quantitative estimate of drug-likeness (QED) is 0.778. The van der Waals surface area contributed by atoms with Gasteiger partial charge in [-0.1, -0.05) is 19.4 Å². The monoisotopic (exact) mass is 408 g/mol. The third kappa shape index (κ3) is 4.32. The third-order valence-corrected chi connectivity index (χ3v) is 5.65. The first-order chi connectivity index (χ1) is 12.1. The maximum Gasteiger partial charge on any atom is 0.245 e. The van der Waals surface area contributed by atoms with Gasteiger partial charge in [0.1, 0.15) is 0 Å². The molecule has 1 N–H and O–H groups in total. The molecule has 1 aromatic heterocycles. The van der Waals surface area contributed by atoms with E-state index in [4.69, 9.17) is 0 Å². The molecule has 0 spiro atoms. The number of nitrogens with one attached hydrogen (secondary N) is 1. The van der Waals surface area contributed by atoms with Crippen molar-refractivity contribution in [1.29, 1.82) is 0 Å². The van der Waals surface area contributed by atoms with Crippen molar-refractivity contribution in [3.05, 3.63) is 29.5 Å². The minimum Gasteiger partial charge on any atom is -0.351 e. The summed E-state index contributed by atoms with van der Waals surface area (Å²) in [5.41, 5.74) is 0. The zero-order valence-corrected chi connectivity index (χ0v) is 16.0. The molecule has 2 amide bonds. The number of carbonyl (C=O) groups excluding carboxylic acids is 2. The van der Waals surface area contributed by atoms with Gasteiger partial charge in [0.05, 0.1) is 28.7 Å². The van der Waals surface area contributed by atoms with Gasteiger partial charge < -0.3 is 10.2 Å². The number of hydrogen-bond donors (Lipinski definition) is 1. The molecule has 7 heteroatoms. The molecule has 25 heavy (non-hydrogen) atoms. The zero-order valence-electron chi connectivity index (χ0n) is 14.4. The molecule has 2 heterocycles. The topological polar surface area (TPSA) is 67.2 Å². The molecule has 6 nitrogen and oxygen atoms in total. The number of likely N-dealkylation sites (tertiary alicyclic amines) is 1. The van der Waals surface area contributed by atoms with E-state index in [0.717, 1.165) is 43.0 Å². The second-order valence-corrected chi connectivity index (χ2v) is 7.85. The second kappa shape index (κ2) is 8.17. The molecule has 1 saturated carbocycles. The first-order valence-electron chi connectivity index (χ1n) is 9.00. The zero-order chi connectivity index (χ0) is 17.8. The summed E-state index contributed by atoms with van der Waals surface area (Å²) in [6, 6.07) is 0.289. The molecule has 1 saturated heterocycles. The highest BCUT2D eigenvalue weighted by Gasteiger charge is 2.32. The summed E-state index contributed by atoms with van der Waals surface area (Å²) in [4.78, 5) is 26.3. The number of hydrogen-bond acceptors (Lipinski definition) is 3. The number of aromatic nitrogens is 2. The summed E-state index contributed by atoms with van der Waals surface area (Å²) in [5, 5.41) is 7.66. The number of carbonyl (C=O) groups is 2. The van der Waals surface area contributed by atoms with Crippen LogP contribution in [0.1, 0.15) is 44.6 Å². The molecule has 0 aromatic carbocycles. The molecule has 3 atom stereocenters. The molecule has 1 aliphatic heterocycles. The van der Waals surface area contributed by atoms with Crippen molar-refractivity contribution in [2.75, 3.05) is 13.1 Å². The molecule has 1 unspecified atom stereocenters. The lowest BCUT2D eigenvalue weighted by atomic mass is 9.89. The number of nitrogens with zero attached hydrogens (tertiary/aromatic N) is 3. The van der Waals surface area contributed by atoms with Gasteiger partial charge in [-0.3, -0.25) is 14.3 Å². The Balaban J connectivity index is 1.64. The van der Waals surface area contributed by atoms with Crippen LogP contribution in [0.5, 0.6) is 0 Å². The van der Waals surface area contributed by atoms with Crippen molar-refractivity contribution in [3.63, 3.8) is 0 Å². The maximum atomic E-state index is 12.8. The molecule has 2 fully saturated rings. The van der Waals surface area contributed by atoms with Gasteiger partial charge in [0, 0.05) is 19.3 Å². The summed E-state index contributed by atoms with van der Waals surface area (Å²) >= 11 is 3.44. The van der Waals surface area contributed by atoms with Crippen LogP contribution < -0.4 is 5.32 Å². The molecule has 3 rings (SSSR count). The van der Waals surface area contributed by atoms with Crippen LogP contribution in [0, 0.1) is 5.92 Å². The first kappa shape index (κ1) is 18.2. The molecular formula is C18H25BrN4O2. The minimum atomic E-state index is -0.135. The fourth-order valence-corrected chi connectivity index (χ4v) is 4.21. The van der Waals surface area contributed by atoms with E-state index in [1.165, 1.54) is 6.08 Å². The van der Waals surface area contributed by atoms with Crippen LogP contribution in [-0.2, 0) is 9.59 Å². The number of amides is 2. The number of rotatable bonds is 4. The van der Waals surface area contributed by atoms with Crippen LogP contribution in [0.25, 0.3) is 0 Å². The molecule has 0 radical (unpaired) electrons. The van der Waals surface area contributed by atoms with Crippen LogP contribution >= 0.6 is 15.9 Å². The van der Waals surface area contributed by atoms with Crippen molar-refractivity contribution in [2.45, 2.75) is 50.6 Å². The molecule has 1 aromatic rings. The van der Waals surface area contributed by atoms with Crippen molar-refractivity contribution >= 4 is 27.7 Å². The molecule has 136 valence electrons. The minimum absolute atomic E-state index is 0.0599. The average Bonchev–Trinajstić information content (AvgIpc) is 3.07. The normalized spacial score (nSPS) is 26.9. The van der Waals surface area contributed by atoms with E-state index in [-0.39, 0.29) is 29.8 Å². The summed E-state index contributed by atoms with van der Waals surface area (Å²) in [6.07, 6.45) is 11.0. The summed E-state index contributed by atoms with van der Waals surface area (Å²) in [6.45, 7) is 4.74. The molecule has 0 bridgehead atoms. The highest BCUT2D eigenvalue weighted by molar-refractivity contribution is 9.10. The predicted molar refractivity (Wildman–Crippen MR) is 98.9 cm³/mol. The van der Waals surface area contributed by atoms with Crippen LogP contribution in [0.3, 0.4) is 0 Å². The van der Waals surface area contributed by atoms with Crippen molar-refractivity contribution in [3.8, 4) is 0 Å². The SMILES string of the molecule is C=CC(=O)N1CCCC(C(=O)N[C@H]2CCCC[C@H]2n2cc(Br)cn2)C1. The largest absolute Gasteiger partial charge is 0.351 e. The Morgan fingerprint density at radius 2 is 2.08 bits per heavy atom. The van der Waals surface area contributed by atoms with Crippen molar-refractivity contribution < 1.29 is 9.59 Å². The van der Waals surface area contributed by atoms with E-state index in [9.17, 15) is 9.59 Å². The van der Waals surface area contributed by atoms with Gasteiger partial charge in [0.25, 0.3) is 0 Å². The Bertz CT molecular complexity index is 645. The smallest absolute Gasteiger partial charge is 0.245 e. The van der Waals surface area contributed by atoms with Crippen molar-refractivity contribution in [1.82, 2.24) is 20.0 Å². The van der Waals surface area contributed by atoms with Crippen molar-refractivity contribution in [2.24, 2.45) is 5.92 Å². The van der Waals surface area contributed by atoms with Crippen LogP contribution in [0.4, 0.5) is 0 Å². The molecule has 1 aliphatic carbocycles. The van der Waals surface area contributed by atoms with E-state index in [1.54, 1.807) is 11.1 Å². The lowest BCUT2D eigenvalue weighted by molar-refractivity contribution is -0.132. The third-order valence-electron chi connectivity index (χ3n) is 5.25. The highest BCUT2D eigenvalue weighted by Crippen LogP contribution is 2.29. The van der Waals surface area contributed by atoms with E-state index >= 15 is 0 Å². The lowest BCUT2D eigenvalue weighted by Gasteiger charge is -2.35. The highest BCUT2D eigenvalue weighted by atomic mass is 79.9. The standard InChI is InChI=1S/C18H25BrN4O2/c1-2-17(24)22-9-5-6-13(11-22)18(25)21-15-7-3-4-8-16(15)23-12-14(19)10-20-23/h2,10,12-13,15-16H,1,3-9,11H2,(H,21,25)/t13?,15-,16+/m0/s1. The van der Waals surface area contributed by atoms with E-state index in [2.05, 4.69) is 32.9 Å². The van der Waals surface area contributed by atoms with Gasteiger partial charge in [-0.25, -0.2) is 0 Å². The van der Waals surface area contributed by atoms with Crippen LogP contribution in [-0.4, -0.2) is 45.6 Å². The van der Waals surface area contributed by atoms with Gasteiger partial charge in [-0.15, -0.1) is 0 Å². The van der Waals surface area contributed by atoms with E-state index < -0.39 is 0 Å². The number of halogens is 1. The fourth-order valence-electron chi connectivity index (χ4n) is 3.91. The Morgan fingerprint density at radius 1 is 1.28 bits per heavy atom. The fraction of sp³-hybridized carbons (Fsp3) is 0.611. The Morgan fingerprint density at radius 3 is 2.80 bits per heavy atom. The Hall–Kier alpha value is -1.63. The second-order valence-electron chi connectivity index (χ2n) is 6.93. The lowest BCUT2D eigenvalue weighted by Crippen LogP contribution is -2.49. The van der Waals surface area contributed by atoms with Gasteiger partial charge >= 0.3 is 0 Å². The maximum absolute atomic E-state index is 12.8. The molecule has 2 aliphatic rings. The van der Waals surface area contributed by atoms with Crippen LogP contribution in [0.15, 0.2) is 29.5 Å². The Kier molecular flexibility index (Phi) is 5.93. The summed E-state index contributed by atoms with van der Waals surface area (Å²) in [5.74, 6) is -0.163. The first-order valence-corrected chi connectivity index (χ1v) is 9.79.